The van der Waals surface area contributed by atoms with Crippen LogP contribution in [-0.4, -0.2) is 4.86 Å². The lowest BCUT2D eigenvalue weighted by molar-refractivity contribution is 1.46. The van der Waals surface area contributed by atoms with Crippen LogP contribution in [0, 0.1) is 6.92 Å². The minimum atomic E-state index is 0.644. The molecule has 0 saturated heterocycles. The Morgan fingerprint density at radius 3 is 2.00 bits per heavy atom. The largest absolute Gasteiger partial charge is 0.0840 e. The first-order chi connectivity index (χ1) is 8.09. The van der Waals surface area contributed by atoms with Crippen LogP contribution in [0.5, 0.6) is 0 Å². The number of hydrogen-bond donors (Lipinski definition) is 0. The van der Waals surface area contributed by atoms with Crippen LogP contribution < -0.4 is 0 Å². The molecule has 0 atom stereocenters. The topological polar surface area (TPSA) is 0 Å². The van der Waals surface area contributed by atoms with Gasteiger partial charge in [0.25, 0.3) is 0 Å². The Morgan fingerprint density at radius 1 is 0.941 bits per heavy atom. The van der Waals surface area contributed by atoms with Crippen LogP contribution in [0.4, 0.5) is 0 Å². The van der Waals surface area contributed by atoms with Crippen molar-refractivity contribution in [2.75, 3.05) is 0 Å². The average Bonchev–Trinajstić information content (AvgIpc) is 2.35. The molecule has 2 rings (SSSR count). The molecule has 0 unspecified atom stereocenters. The molecule has 0 spiro atoms. The van der Waals surface area contributed by atoms with Crippen molar-refractivity contribution in [2.45, 2.75) is 6.92 Å². The third kappa shape index (κ3) is 2.68. The smallest absolute Gasteiger partial charge is 0.0522 e. The summed E-state index contributed by atoms with van der Waals surface area (Å²) in [7, 11) is 0. The predicted molar refractivity (Wildman–Crippen MR) is 78.4 cm³/mol. The van der Waals surface area contributed by atoms with Gasteiger partial charge in [0, 0.05) is 10.0 Å². The molecule has 0 nitrogen and oxygen atoms in total. The van der Waals surface area contributed by atoms with Crippen molar-refractivity contribution in [1.29, 1.82) is 0 Å². The molecule has 0 N–H and O–H groups in total. The number of hydrogen-bond acceptors (Lipinski definition) is 1. The van der Waals surface area contributed by atoms with Crippen LogP contribution in [0.1, 0.15) is 16.7 Å². The van der Waals surface area contributed by atoms with Crippen LogP contribution in [-0.2, 0) is 0 Å². The Labute approximate surface area is 116 Å². The second-order valence-electron chi connectivity index (χ2n) is 3.76. The van der Waals surface area contributed by atoms with Gasteiger partial charge in [-0.1, -0.05) is 65.8 Å². The zero-order valence-corrected chi connectivity index (χ0v) is 11.5. The maximum absolute atomic E-state index is 6.11. The van der Waals surface area contributed by atoms with Gasteiger partial charge in [-0.2, -0.15) is 0 Å². The monoisotopic (exact) mass is 280 g/mol. The highest BCUT2D eigenvalue weighted by molar-refractivity contribution is 7.81. The van der Waals surface area contributed by atoms with Crippen molar-refractivity contribution in [2.24, 2.45) is 0 Å². The zero-order chi connectivity index (χ0) is 12.4. The van der Waals surface area contributed by atoms with Crippen LogP contribution in [0.15, 0.2) is 42.5 Å². The molecule has 0 aliphatic carbocycles. The lowest BCUT2D eigenvalue weighted by Crippen LogP contribution is -2.00. The van der Waals surface area contributed by atoms with Gasteiger partial charge in [0.1, 0.15) is 0 Å². The molecule has 0 amide bonds. The average molecular weight is 281 g/mol. The second kappa shape index (κ2) is 5.18. The third-order valence-corrected chi connectivity index (χ3v) is 3.84. The predicted octanol–water partition coefficient (Wildman–Crippen LogP) is 5.07. The zero-order valence-electron chi connectivity index (χ0n) is 9.21. The van der Waals surface area contributed by atoms with E-state index < -0.39 is 0 Å². The molecule has 0 aliphatic heterocycles. The summed E-state index contributed by atoms with van der Waals surface area (Å²) in [5.74, 6) is 0. The quantitative estimate of drug-likeness (QED) is 0.547. The van der Waals surface area contributed by atoms with E-state index in [4.69, 9.17) is 35.4 Å². The lowest BCUT2D eigenvalue weighted by atomic mass is 10.0. The Kier molecular flexibility index (Phi) is 3.82. The molecule has 0 radical (unpaired) electrons. The van der Waals surface area contributed by atoms with E-state index in [1.54, 1.807) is 0 Å². The number of rotatable bonds is 2. The highest BCUT2D eigenvalue weighted by atomic mass is 35.5. The molecule has 2 aromatic rings. The first-order valence-electron chi connectivity index (χ1n) is 5.15. The van der Waals surface area contributed by atoms with Gasteiger partial charge in [-0.3, -0.25) is 0 Å². The van der Waals surface area contributed by atoms with Crippen LogP contribution in [0.2, 0.25) is 10.0 Å². The summed E-state index contributed by atoms with van der Waals surface area (Å²) in [6, 6.07) is 13.5. The molecular weight excluding hydrogens is 271 g/mol. The molecule has 0 heterocycles. The number of benzene rings is 2. The number of thiocarbonyl (C=S) groups is 1. The summed E-state index contributed by atoms with van der Waals surface area (Å²) >= 11 is 17.6. The molecule has 0 saturated carbocycles. The molecule has 2 aromatic carbocycles. The molecule has 17 heavy (non-hydrogen) atoms. The van der Waals surface area contributed by atoms with Crippen molar-refractivity contribution in [3.63, 3.8) is 0 Å². The molecule has 3 heteroatoms. The maximum Gasteiger partial charge on any atom is 0.0522 e. The van der Waals surface area contributed by atoms with E-state index in [0.717, 1.165) is 21.6 Å². The van der Waals surface area contributed by atoms with E-state index in [2.05, 4.69) is 0 Å². The highest BCUT2D eigenvalue weighted by Crippen LogP contribution is 2.27. The second-order valence-corrected chi connectivity index (χ2v) is 4.98. The van der Waals surface area contributed by atoms with E-state index >= 15 is 0 Å². The molecule has 0 bridgehead atoms. The summed E-state index contributed by atoms with van der Waals surface area (Å²) in [5.41, 5.74) is 2.76. The van der Waals surface area contributed by atoms with Gasteiger partial charge < -0.3 is 0 Å². The Bertz CT molecular complexity index is 539. The Morgan fingerprint density at radius 2 is 1.47 bits per heavy atom. The van der Waals surface area contributed by atoms with Gasteiger partial charge in [0.15, 0.2) is 0 Å². The molecule has 0 aromatic heterocycles. The van der Waals surface area contributed by atoms with Crippen molar-refractivity contribution in [1.82, 2.24) is 0 Å². The highest BCUT2D eigenvalue weighted by Gasteiger charge is 2.09. The Balaban J connectivity index is 2.45. The normalized spacial score (nSPS) is 10.3. The van der Waals surface area contributed by atoms with Crippen LogP contribution in [0.3, 0.4) is 0 Å². The van der Waals surface area contributed by atoms with Crippen molar-refractivity contribution >= 4 is 40.3 Å². The molecule has 0 aliphatic rings. The van der Waals surface area contributed by atoms with Gasteiger partial charge >= 0.3 is 0 Å². The van der Waals surface area contributed by atoms with Crippen molar-refractivity contribution < 1.29 is 0 Å². The lowest BCUT2D eigenvalue weighted by Gasteiger charge is -2.08. The minimum absolute atomic E-state index is 0.644. The minimum Gasteiger partial charge on any atom is -0.0840 e. The van der Waals surface area contributed by atoms with E-state index in [1.807, 2.05) is 49.4 Å². The standard InChI is InChI=1S/C14H10Cl2S/c1-9-12(15)7-11(8-13(9)16)14(17)10-5-3-2-4-6-10/h2-8H,1H3. The van der Waals surface area contributed by atoms with Crippen molar-refractivity contribution in [3.8, 4) is 0 Å². The number of halogens is 2. The van der Waals surface area contributed by atoms with E-state index in [9.17, 15) is 0 Å². The van der Waals surface area contributed by atoms with Gasteiger partial charge in [-0.25, -0.2) is 0 Å². The van der Waals surface area contributed by atoms with Gasteiger partial charge in [0.05, 0.1) is 4.86 Å². The van der Waals surface area contributed by atoms with Crippen molar-refractivity contribution in [3.05, 3.63) is 69.2 Å². The summed E-state index contributed by atoms with van der Waals surface area (Å²) in [6.45, 7) is 1.89. The first-order valence-corrected chi connectivity index (χ1v) is 6.31. The fraction of sp³-hybridized carbons (Fsp3) is 0.0714. The SMILES string of the molecule is Cc1c(Cl)cc(C(=S)c2ccccc2)cc1Cl. The molecule has 86 valence electrons. The molecular formula is C14H10Cl2S. The van der Waals surface area contributed by atoms with Gasteiger partial charge in [-0.05, 0) is 35.7 Å². The van der Waals surface area contributed by atoms with E-state index in [1.165, 1.54) is 0 Å². The van der Waals surface area contributed by atoms with Gasteiger partial charge in [-0.15, -0.1) is 0 Å². The van der Waals surface area contributed by atoms with Gasteiger partial charge in [0.2, 0.25) is 0 Å². The fourth-order valence-corrected chi connectivity index (χ4v) is 2.27. The van der Waals surface area contributed by atoms with Crippen LogP contribution >= 0.6 is 35.4 Å². The van der Waals surface area contributed by atoms with E-state index in [0.29, 0.717) is 10.0 Å². The molecule has 0 fully saturated rings. The third-order valence-electron chi connectivity index (χ3n) is 2.58. The fourth-order valence-electron chi connectivity index (χ4n) is 1.53. The maximum atomic E-state index is 6.11. The summed E-state index contributed by atoms with van der Waals surface area (Å²) in [6.07, 6.45) is 0. The summed E-state index contributed by atoms with van der Waals surface area (Å²) in [4.78, 5) is 0.759. The summed E-state index contributed by atoms with van der Waals surface area (Å²) in [5, 5.41) is 1.29. The van der Waals surface area contributed by atoms with Crippen LogP contribution in [0.25, 0.3) is 0 Å². The summed E-state index contributed by atoms with van der Waals surface area (Å²) < 4.78 is 0. The first kappa shape index (κ1) is 12.6. The Hall–Kier alpha value is -0.890. The van der Waals surface area contributed by atoms with E-state index in [-0.39, 0.29) is 0 Å².